The van der Waals surface area contributed by atoms with E-state index in [9.17, 15) is 18.6 Å². The molecule has 3 unspecified atom stereocenters. The van der Waals surface area contributed by atoms with Gasteiger partial charge in [-0.05, 0) is 5.56 Å². The maximum absolute atomic E-state index is 12.7. The first-order chi connectivity index (χ1) is 12.9. The van der Waals surface area contributed by atoms with Crippen molar-refractivity contribution >= 4 is 28.6 Å². The number of fused-ring (bicyclic) bond motifs is 1. The van der Waals surface area contributed by atoms with Crippen LogP contribution in [0.4, 0.5) is 0 Å². The molecule has 1 aromatic rings. The number of carbonyl (C=O) groups is 3. The topological polar surface area (TPSA) is 99.2 Å². The molecule has 144 valence electrons. The van der Waals surface area contributed by atoms with Gasteiger partial charge in [-0.2, -0.15) is 0 Å². The number of methoxy groups -OCH3 is 1. The molecule has 3 atom stereocenters. The fourth-order valence-electron chi connectivity index (χ4n) is 2.98. The number of ether oxygens (including phenoxy) is 3. The van der Waals surface area contributed by atoms with Gasteiger partial charge in [-0.1, -0.05) is 30.3 Å². The third kappa shape index (κ3) is 3.79. The lowest BCUT2D eigenvalue weighted by molar-refractivity contribution is -0.164. The Morgan fingerprint density at radius 3 is 2.52 bits per heavy atom. The van der Waals surface area contributed by atoms with E-state index in [1.165, 1.54) is 14.0 Å². The molecule has 3 rings (SSSR count). The fourth-order valence-corrected chi connectivity index (χ4v) is 4.66. The second kappa shape index (κ2) is 8.01. The summed E-state index contributed by atoms with van der Waals surface area (Å²) in [5.41, 5.74) is 1.06. The van der Waals surface area contributed by atoms with Crippen LogP contribution in [0.3, 0.4) is 0 Å². The molecular weight excluding hydrogens is 374 g/mol. The summed E-state index contributed by atoms with van der Waals surface area (Å²) in [6, 6.07) is 9.08. The Balaban J connectivity index is 1.86. The first-order valence-electron chi connectivity index (χ1n) is 8.23. The SMILES string of the molecule is COC1C(=O)N2C(C(=O)OCc3ccccc3)=C(COC(C)=O)CS(=O)C12. The van der Waals surface area contributed by atoms with E-state index in [1.54, 1.807) is 12.1 Å². The highest BCUT2D eigenvalue weighted by molar-refractivity contribution is 7.86. The van der Waals surface area contributed by atoms with Crippen molar-refractivity contribution in [2.75, 3.05) is 19.5 Å². The van der Waals surface area contributed by atoms with Gasteiger partial charge in [0.25, 0.3) is 5.91 Å². The summed E-state index contributed by atoms with van der Waals surface area (Å²) in [5, 5.41) is -0.747. The molecule has 1 saturated heterocycles. The van der Waals surface area contributed by atoms with Gasteiger partial charge in [-0.25, -0.2) is 4.79 Å². The molecule has 1 amide bonds. The number of nitrogens with zero attached hydrogens (tertiary/aromatic N) is 1. The second-order valence-corrected chi connectivity index (χ2v) is 7.61. The summed E-state index contributed by atoms with van der Waals surface area (Å²) < 4.78 is 27.9. The standard InChI is InChI=1S/C18H19NO7S/c1-11(20)25-9-13-10-27(23)17-15(24-2)16(21)19(17)14(13)18(22)26-8-12-6-4-3-5-7-12/h3-7,15,17H,8-10H2,1-2H3. The quantitative estimate of drug-likeness (QED) is 0.512. The van der Waals surface area contributed by atoms with E-state index in [0.717, 1.165) is 10.5 Å². The van der Waals surface area contributed by atoms with Crippen LogP contribution in [0.5, 0.6) is 0 Å². The molecule has 0 aliphatic carbocycles. The lowest BCUT2D eigenvalue weighted by Gasteiger charge is -2.48. The zero-order valence-corrected chi connectivity index (χ0v) is 15.7. The van der Waals surface area contributed by atoms with Gasteiger partial charge >= 0.3 is 11.9 Å². The summed E-state index contributed by atoms with van der Waals surface area (Å²) in [7, 11) is -0.128. The van der Waals surface area contributed by atoms with Crippen molar-refractivity contribution < 1.29 is 32.8 Å². The van der Waals surface area contributed by atoms with Gasteiger partial charge in [0.2, 0.25) is 0 Å². The Hall–Kier alpha value is -2.52. The number of rotatable bonds is 6. The molecule has 27 heavy (non-hydrogen) atoms. The third-order valence-electron chi connectivity index (χ3n) is 4.27. The normalized spacial score (nSPS) is 24.1. The van der Waals surface area contributed by atoms with Crippen LogP contribution in [-0.4, -0.2) is 57.9 Å². The highest BCUT2D eigenvalue weighted by Gasteiger charge is 2.57. The number of benzene rings is 1. The van der Waals surface area contributed by atoms with E-state index in [0.29, 0.717) is 5.57 Å². The highest BCUT2D eigenvalue weighted by atomic mass is 32.2. The van der Waals surface area contributed by atoms with E-state index < -0.39 is 40.1 Å². The molecule has 0 N–H and O–H groups in total. The molecule has 8 nitrogen and oxygen atoms in total. The van der Waals surface area contributed by atoms with Crippen molar-refractivity contribution in [3.05, 3.63) is 47.2 Å². The smallest absolute Gasteiger partial charge is 0.355 e. The Morgan fingerprint density at radius 2 is 1.89 bits per heavy atom. The third-order valence-corrected chi connectivity index (χ3v) is 5.90. The molecule has 2 aliphatic heterocycles. The Morgan fingerprint density at radius 1 is 1.19 bits per heavy atom. The number of esters is 2. The summed E-state index contributed by atoms with van der Waals surface area (Å²) in [6.45, 7) is 1.02. The van der Waals surface area contributed by atoms with Gasteiger partial charge in [0, 0.05) is 19.6 Å². The minimum Gasteiger partial charge on any atom is -0.461 e. The molecular formula is C18H19NO7S. The maximum Gasteiger partial charge on any atom is 0.355 e. The van der Waals surface area contributed by atoms with E-state index in [-0.39, 0.29) is 24.7 Å². The zero-order valence-electron chi connectivity index (χ0n) is 14.9. The zero-order chi connectivity index (χ0) is 19.6. The minimum absolute atomic E-state index is 0.00262. The molecule has 2 aliphatic rings. The summed E-state index contributed by atoms with van der Waals surface area (Å²) in [6.07, 6.45) is -0.863. The van der Waals surface area contributed by atoms with Gasteiger partial charge in [0.15, 0.2) is 6.10 Å². The van der Waals surface area contributed by atoms with Gasteiger partial charge in [-0.3, -0.25) is 18.7 Å². The minimum atomic E-state index is -1.48. The first kappa shape index (κ1) is 19.2. The molecule has 9 heteroatoms. The monoisotopic (exact) mass is 393 g/mol. The second-order valence-electron chi connectivity index (χ2n) is 6.07. The van der Waals surface area contributed by atoms with E-state index in [1.807, 2.05) is 18.2 Å². The molecule has 2 heterocycles. The highest BCUT2D eigenvalue weighted by Crippen LogP contribution is 2.36. The van der Waals surface area contributed by atoms with Crippen molar-refractivity contribution in [2.45, 2.75) is 25.0 Å². The van der Waals surface area contributed by atoms with Gasteiger partial charge in [0.1, 0.15) is 24.3 Å². The van der Waals surface area contributed by atoms with Crippen molar-refractivity contribution in [1.82, 2.24) is 4.90 Å². The van der Waals surface area contributed by atoms with E-state index >= 15 is 0 Å². The summed E-state index contributed by atoms with van der Waals surface area (Å²) >= 11 is 0. The van der Waals surface area contributed by atoms with Gasteiger partial charge in [-0.15, -0.1) is 0 Å². The predicted octanol–water partition coefficient (Wildman–Crippen LogP) is 0.493. The Labute approximate surface area is 158 Å². The lowest BCUT2D eigenvalue weighted by Crippen LogP contribution is -2.69. The van der Waals surface area contributed by atoms with E-state index in [2.05, 4.69) is 0 Å². The molecule has 0 saturated carbocycles. The van der Waals surface area contributed by atoms with Crippen LogP contribution in [0.15, 0.2) is 41.6 Å². The molecule has 0 aromatic heterocycles. The number of β-lactam (4-membered cyclic amide) rings is 1. The van der Waals surface area contributed by atoms with Gasteiger partial charge in [0.05, 0.1) is 16.6 Å². The van der Waals surface area contributed by atoms with Crippen LogP contribution >= 0.6 is 0 Å². The Kier molecular flexibility index (Phi) is 5.71. The predicted molar refractivity (Wildman–Crippen MR) is 94.3 cm³/mol. The Bertz CT molecular complexity index is 820. The summed E-state index contributed by atoms with van der Waals surface area (Å²) in [5.74, 6) is -1.75. The van der Waals surface area contributed by atoms with Crippen LogP contribution in [0.25, 0.3) is 0 Å². The van der Waals surface area contributed by atoms with E-state index in [4.69, 9.17) is 14.2 Å². The van der Waals surface area contributed by atoms with Crippen LogP contribution in [0.1, 0.15) is 12.5 Å². The molecule has 1 fully saturated rings. The number of hydrogen-bond acceptors (Lipinski definition) is 7. The number of hydrogen-bond donors (Lipinski definition) is 0. The molecule has 0 radical (unpaired) electrons. The fraction of sp³-hybridized carbons (Fsp3) is 0.389. The van der Waals surface area contributed by atoms with Gasteiger partial charge < -0.3 is 14.2 Å². The molecule has 0 bridgehead atoms. The van der Waals surface area contributed by atoms with Crippen molar-refractivity contribution in [3.8, 4) is 0 Å². The molecule has 1 aromatic carbocycles. The van der Waals surface area contributed by atoms with Crippen molar-refractivity contribution in [3.63, 3.8) is 0 Å². The number of carbonyl (C=O) groups excluding carboxylic acids is 3. The van der Waals surface area contributed by atoms with Crippen molar-refractivity contribution in [2.24, 2.45) is 0 Å². The maximum atomic E-state index is 12.7. The number of amides is 1. The van der Waals surface area contributed by atoms with Crippen molar-refractivity contribution in [1.29, 1.82) is 0 Å². The average Bonchev–Trinajstić information content (AvgIpc) is 2.65. The van der Waals surface area contributed by atoms with Crippen LogP contribution < -0.4 is 0 Å². The van der Waals surface area contributed by atoms with Crippen LogP contribution in [-0.2, 0) is 46.0 Å². The lowest BCUT2D eigenvalue weighted by atomic mass is 10.1. The largest absolute Gasteiger partial charge is 0.461 e. The molecule has 0 spiro atoms. The summed E-state index contributed by atoms with van der Waals surface area (Å²) in [4.78, 5) is 37.4. The van der Waals surface area contributed by atoms with Crippen LogP contribution in [0, 0.1) is 0 Å². The first-order valence-corrected chi connectivity index (χ1v) is 9.61. The average molecular weight is 393 g/mol. The van der Waals surface area contributed by atoms with Crippen LogP contribution in [0.2, 0.25) is 0 Å².